The van der Waals surface area contributed by atoms with E-state index in [0.29, 0.717) is 22.8 Å². The number of aromatic nitrogens is 3. The van der Waals surface area contributed by atoms with Crippen molar-refractivity contribution in [3.05, 3.63) is 48.2 Å². The van der Waals surface area contributed by atoms with Gasteiger partial charge in [-0.3, -0.25) is 4.79 Å². The second-order valence-corrected chi connectivity index (χ2v) is 6.52. The van der Waals surface area contributed by atoms with E-state index >= 15 is 0 Å². The van der Waals surface area contributed by atoms with Gasteiger partial charge in [0.15, 0.2) is 16.7 Å². The average Bonchev–Trinajstić information content (AvgIpc) is 3.20. The van der Waals surface area contributed by atoms with Gasteiger partial charge in [-0.05, 0) is 31.2 Å². The molecule has 0 fully saturated rings. The van der Waals surface area contributed by atoms with Crippen molar-refractivity contribution in [2.45, 2.75) is 17.3 Å². The summed E-state index contributed by atoms with van der Waals surface area (Å²) in [4.78, 5) is 12.2. The summed E-state index contributed by atoms with van der Waals surface area (Å²) in [7, 11) is 1.75. The number of rotatable bonds is 5. The van der Waals surface area contributed by atoms with Gasteiger partial charge >= 0.3 is 0 Å². The molecule has 25 heavy (non-hydrogen) atoms. The minimum absolute atomic E-state index is 0.0758. The Morgan fingerprint density at radius 1 is 1.32 bits per heavy atom. The smallest absolute Gasteiger partial charge is 0.237 e. The van der Waals surface area contributed by atoms with Crippen molar-refractivity contribution in [3.8, 4) is 11.6 Å². The average molecular weight is 364 g/mol. The van der Waals surface area contributed by atoms with Gasteiger partial charge in [0, 0.05) is 13.1 Å². The zero-order valence-electron chi connectivity index (χ0n) is 13.4. The van der Waals surface area contributed by atoms with Gasteiger partial charge in [-0.2, -0.15) is 0 Å². The summed E-state index contributed by atoms with van der Waals surface area (Å²) >= 11 is 1.16. The first kappa shape index (κ1) is 17.2. The molecular formula is C16H14F2N4O2S. The van der Waals surface area contributed by atoms with Crippen LogP contribution in [-0.2, 0) is 11.8 Å². The third-order valence-electron chi connectivity index (χ3n) is 3.42. The second-order valence-electron chi connectivity index (χ2n) is 5.22. The topological polar surface area (TPSA) is 73.0 Å². The van der Waals surface area contributed by atoms with E-state index in [0.717, 1.165) is 17.8 Å². The van der Waals surface area contributed by atoms with Crippen molar-refractivity contribution in [1.82, 2.24) is 14.8 Å². The van der Waals surface area contributed by atoms with Crippen LogP contribution in [0.25, 0.3) is 11.6 Å². The third-order valence-corrected chi connectivity index (χ3v) is 4.55. The summed E-state index contributed by atoms with van der Waals surface area (Å²) in [6, 6.07) is 6.47. The second kappa shape index (κ2) is 7.06. The Bertz CT molecular complexity index is 896. The van der Waals surface area contributed by atoms with Crippen molar-refractivity contribution in [2.75, 3.05) is 5.32 Å². The fourth-order valence-electron chi connectivity index (χ4n) is 2.07. The van der Waals surface area contributed by atoms with Gasteiger partial charge in [-0.1, -0.05) is 11.8 Å². The summed E-state index contributed by atoms with van der Waals surface area (Å²) in [5, 5.41) is 10.5. The number of thioether (sulfide) groups is 1. The largest absolute Gasteiger partial charge is 0.461 e. The van der Waals surface area contributed by atoms with E-state index in [9.17, 15) is 13.6 Å². The SMILES string of the molecule is CC(Sc1nnc(-c2ccco2)n1C)C(=O)Nc1ccc(F)cc1F. The standard InChI is InChI=1S/C16H14F2N4O2S/c1-9(15(23)19-12-6-5-10(17)8-11(12)18)25-16-21-20-14(22(16)2)13-4-3-7-24-13/h3-9H,1-2H3,(H,19,23). The van der Waals surface area contributed by atoms with Crippen LogP contribution in [0.1, 0.15) is 6.92 Å². The Morgan fingerprint density at radius 3 is 2.80 bits per heavy atom. The van der Waals surface area contributed by atoms with Crippen LogP contribution in [0, 0.1) is 11.6 Å². The summed E-state index contributed by atoms with van der Waals surface area (Å²) < 4.78 is 33.5. The van der Waals surface area contributed by atoms with Crippen LogP contribution >= 0.6 is 11.8 Å². The van der Waals surface area contributed by atoms with Gasteiger partial charge in [-0.15, -0.1) is 10.2 Å². The monoisotopic (exact) mass is 364 g/mol. The van der Waals surface area contributed by atoms with Crippen LogP contribution in [0.4, 0.5) is 14.5 Å². The lowest BCUT2D eigenvalue weighted by molar-refractivity contribution is -0.115. The number of nitrogens with zero attached hydrogens (tertiary/aromatic N) is 3. The molecule has 6 nitrogen and oxygen atoms in total. The number of carbonyl (C=O) groups excluding carboxylic acids is 1. The van der Waals surface area contributed by atoms with E-state index < -0.39 is 22.8 Å². The maximum atomic E-state index is 13.6. The fraction of sp³-hybridized carbons (Fsp3) is 0.188. The minimum atomic E-state index is -0.829. The molecule has 0 radical (unpaired) electrons. The van der Waals surface area contributed by atoms with Crippen molar-refractivity contribution in [2.24, 2.45) is 7.05 Å². The van der Waals surface area contributed by atoms with E-state index in [4.69, 9.17) is 4.42 Å². The number of halogens is 2. The zero-order valence-corrected chi connectivity index (χ0v) is 14.2. The Balaban J connectivity index is 1.69. The number of benzene rings is 1. The van der Waals surface area contributed by atoms with Crippen molar-refractivity contribution in [1.29, 1.82) is 0 Å². The van der Waals surface area contributed by atoms with Crippen LogP contribution in [0.3, 0.4) is 0 Å². The summed E-state index contributed by atoms with van der Waals surface area (Å²) in [6.07, 6.45) is 1.53. The molecule has 1 aromatic carbocycles. The highest BCUT2D eigenvalue weighted by Crippen LogP contribution is 2.26. The number of furan rings is 1. The number of hydrogen-bond acceptors (Lipinski definition) is 5. The maximum absolute atomic E-state index is 13.6. The minimum Gasteiger partial charge on any atom is -0.461 e. The summed E-state index contributed by atoms with van der Waals surface area (Å²) in [5.74, 6) is -0.873. The molecule has 130 valence electrons. The molecule has 0 spiro atoms. The first-order chi connectivity index (χ1) is 12.0. The van der Waals surface area contributed by atoms with E-state index in [-0.39, 0.29) is 5.69 Å². The van der Waals surface area contributed by atoms with Gasteiger partial charge < -0.3 is 14.3 Å². The zero-order chi connectivity index (χ0) is 18.0. The molecule has 3 aromatic rings. The molecule has 1 N–H and O–H groups in total. The molecule has 2 aromatic heterocycles. The Labute approximate surface area is 146 Å². The van der Waals surface area contributed by atoms with E-state index in [2.05, 4.69) is 15.5 Å². The fourth-order valence-corrected chi connectivity index (χ4v) is 2.89. The molecule has 2 heterocycles. The number of amides is 1. The maximum Gasteiger partial charge on any atom is 0.237 e. The normalized spacial score (nSPS) is 12.2. The lowest BCUT2D eigenvalue weighted by atomic mass is 10.3. The van der Waals surface area contributed by atoms with Gasteiger partial charge in [0.25, 0.3) is 0 Å². The molecule has 0 bridgehead atoms. The number of hydrogen-bond donors (Lipinski definition) is 1. The van der Waals surface area contributed by atoms with Crippen molar-refractivity contribution in [3.63, 3.8) is 0 Å². The van der Waals surface area contributed by atoms with Crippen LogP contribution < -0.4 is 5.32 Å². The quantitative estimate of drug-likeness (QED) is 0.702. The first-order valence-electron chi connectivity index (χ1n) is 7.31. The lowest BCUT2D eigenvalue weighted by Gasteiger charge is -2.12. The van der Waals surface area contributed by atoms with Crippen LogP contribution in [-0.4, -0.2) is 25.9 Å². The van der Waals surface area contributed by atoms with Crippen molar-refractivity contribution >= 4 is 23.4 Å². The predicted molar refractivity (Wildman–Crippen MR) is 89.0 cm³/mol. The lowest BCUT2D eigenvalue weighted by Crippen LogP contribution is -2.23. The number of carbonyl (C=O) groups is 1. The Morgan fingerprint density at radius 2 is 2.12 bits per heavy atom. The Kier molecular flexibility index (Phi) is 4.84. The molecule has 0 aliphatic rings. The van der Waals surface area contributed by atoms with Gasteiger partial charge in [0.2, 0.25) is 5.91 Å². The summed E-state index contributed by atoms with van der Waals surface area (Å²) in [6.45, 7) is 1.66. The van der Waals surface area contributed by atoms with Gasteiger partial charge in [-0.25, -0.2) is 8.78 Å². The van der Waals surface area contributed by atoms with E-state index in [1.807, 2.05) is 0 Å². The molecule has 0 aliphatic carbocycles. The van der Waals surface area contributed by atoms with Crippen molar-refractivity contribution < 1.29 is 18.0 Å². The van der Waals surface area contributed by atoms with Gasteiger partial charge in [0.05, 0.1) is 17.2 Å². The molecule has 1 atom stereocenters. The van der Waals surface area contributed by atoms with E-state index in [1.165, 1.54) is 12.3 Å². The van der Waals surface area contributed by atoms with Gasteiger partial charge in [0.1, 0.15) is 11.6 Å². The number of nitrogens with one attached hydrogen (secondary N) is 1. The first-order valence-corrected chi connectivity index (χ1v) is 8.19. The third kappa shape index (κ3) is 3.71. The Hall–Kier alpha value is -2.68. The van der Waals surface area contributed by atoms with Crippen LogP contribution in [0.5, 0.6) is 0 Å². The molecule has 0 saturated carbocycles. The molecule has 1 amide bonds. The molecule has 9 heteroatoms. The summed E-state index contributed by atoms with van der Waals surface area (Å²) in [5.41, 5.74) is -0.0758. The molecule has 0 aliphatic heterocycles. The molecule has 0 saturated heterocycles. The molecule has 1 unspecified atom stereocenters. The van der Waals surface area contributed by atoms with Crippen LogP contribution in [0.2, 0.25) is 0 Å². The number of anilines is 1. The molecular weight excluding hydrogens is 350 g/mol. The predicted octanol–water partition coefficient (Wildman–Crippen LogP) is 3.47. The highest BCUT2D eigenvalue weighted by molar-refractivity contribution is 8.00. The van der Waals surface area contributed by atoms with Crippen LogP contribution in [0.15, 0.2) is 46.2 Å². The highest BCUT2D eigenvalue weighted by atomic mass is 32.2. The molecule has 3 rings (SSSR count). The van der Waals surface area contributed by atoms with E-state index in [1.54, 1.807) is 30.7 Å². The highest BCUT2D eigenvalue weighted by Gasteiger charge is 2.21.